The molecule has 4 aliphatic carbocycles. The minimum absolute atomic E-state index is 0.0457. The van der Waals surface area contributed by atoms with E-state index in [1.165, 1.54) is 6.08 Å². The number of ether oxygens (including phenoxy) is 2. The van der Waals surface area contributed by atoms with Crippen LogP contribution in [0.25, 0.3) is 0 Å². The Morgan fingerprint density at radius 2 is 1.97 bits per heavy atom. The highest BCUT2D eigenvalue weighted by Crippen LogP contribution is 2.70. The maximum atomic E-state index is 15.5. The summed E-state index contributed by atoms with van der Waals surface area (Å²) in [5, 5.41) is 21.3. The highest BCUT2D eigenvalue weighted by atomic mass is 19.1. The maximum Gasteiger partial charge on any atom is 0.193 e. The summed E-state index contributed by atoms with van der Waals surface area (Å²) in [6.45, 7) is 6.78. The van der Waals surface area contributed by atoms with Gasteiger partial charge in [-0.3, -0.25) is 9.59 Å². The summed E-state index contributed by atoms with van der Waals surface area (Å²) in [5.74, 6) is -1.90. The molecule has 0 bridgehead atoms. The van der Waals surface area contributed by atoms with Crippen molar-refractivity contribution in [3.8, 4) is 0 Å². The minimum atomic E-state index is -1.35. The van der Waals surface area contributed by atoms with Crippen molar-refractivity contribution in [2.75, 3.05) is 6.61 Å². The second kappa shape index (κ2) is 6.46. The van der Waals surface area contributed by atoms with E-state index in [2.05, 4.69) is 0 Å². The molecule has 0 radical (unpaired) electrons. The molecule has 9 atom stereocenters. The molecule has 6 nitrogen and oxygen atoms in total. The monoisotopic (exact) mass is 436 g/mol. The lowest BCUT2D eigenvalue weighted by molar-refractivity contribution is -0.228. The third-order valence-corrected chi connectivity index (χ3v) is 9.42. The predicted molar refractivity (Wildman–Crippen MR) is 109 cm³/mol. The van der Waals surface area contributed by atoms with Gasteiger partial charge in [-0.05, 0) is 74.3 Å². The van der Waals surface area contributed by atoms with Gasteiger partial charge in [0.25, 0.3) is 0 Å². The number of aliphatic hydroxyl groups excluding tert-OH is 2. The van der Waals surface area contributed by atoms with Crippen molar-refractivity contribution in [1.29, 1.82) is 0 Å². The van der Waals surface area contributed by atoms with Crippen molar-refractivity contribution < 1.29 is 33.7 Å². The molecule has 0 spiro atoms. The molecular formula is C24H33FO6. The summed E-state index contributed by atoms with van der Waals surface area (Å²) in [5.41, 5.74) is -2.19. The Kier molecular flexibility index (Phi) is 4.52. The standard InChI is InChI=1S/C24H33FO6/c1-21(2)30-19-9-14-13-8-16(25)15-7-12(27)5-6-22(15,3)20(13)17(28)10-23(14,4)24(19,31-21)18(29)11-26/h7,13-14,16-17,19-20,26,28H,5-6,8-11H2,1-4H3/t13?,14?,16-,17?,19-,20?,22?,23?,24+/m0/s1. The van der Waals surface area contributed by atoms with Crippen molar-refractivity contribution in [2.45, 2.75) is 89.6 Å². The van der Waals surface area contributed by atoms with Gasteiger partial charge in [-0.2, -0.15) is 0 Å². The largest absolute Gasteiger partial charge is 0.393 e. The fraction of sp³-hybridized carbons (Fsp3) is 0.833. The first-order valence-corrected chi connectivity index (χ1v) is 11.5. The average Bonchev–Trinajstić information content (AvgIpc) is 3.08. The lowest BCUT2D eigenvalue weighted by Gasteiger charge is -2.61. The molecule has 1 saturated heterocycles. The van der Waals surface area contributed by atoms with Gasteiger partial charge in [0, 0.05) is 11.8 Å². The normalized spacial score (nSPS) is 52.6. The second-order valence-corrected chi connectivity index (χ2v) is 11.3. The van der Waals surface area contributed by atoms with Crippen molar-refractivity contribution in [2.24, 2.45) is 28.6 Å². The van der Waals surface area contributed by atoms with E-state index in [-0.39, 0.29) is 30.0 Å². The van der Waals surface area contributed by atoms with Crippen molar-refractivity contribution in [3.05, 3.63) is 11.6 Å². The van der Waals surface area contributed by atoms with Gasteiger partial charge in [0.2, 0.25) is 0 Å². The van der Waals surface area contributed by atoms with Crippen molar-refractivity contribution in [3.63, 3.8) is 0 Å². The van der Waals surface area contributed by atoms with Gasteiger partial charge in [0.15, 0.2) is 23.0 Å². The first kappa shape index (κ1) is 21.7. The lowest BCUT2D eigenvalue weighted by atomic mass is 9.45. The Bertz CT molecular complexity index is 868. The van der Waals surface area contributed by atoms with Gasteiger partial charge >= 0.3 is 0 Å². The van der Waals surface area contributed by atoms with E-state index >= 15 is 4.39 Å². The van der Waals surface area contributed by atoms with E-state index in [1.807, 2.05) is 13.8 Å². The average molecular weight is 437 g/mol. The molecule has 0 amide bonds. The van der Waals surface area contributed by atoms with Crippen LogP contribution in [0.3, 0.4) is 0 Å². The highest BCUT2D eigenvalue weighted by molar-refractivity contribution is 5.92. The van der Waals surface area contributed by atoms with Gasteiger partial charge in [0.1, 0.15) is 12.8 Å². The minimum Gasteiger partial charge on any atom is -0.393 e. The van der Waals surface area contributed by atoms with Crippen LogP contribution in [-0.4, -0.2) is 58.2 Å². The van der Waals surface area contributed by atoms with Gasteiger partial charge < -0.3 is 19.7 Å². The molecule has 5 aliphatic rings. The number of alkyl halides is 1. The molecule has 1 heterocycles. The van der Waals surface area contributed by atoms with Crippen LogP contribution in [0.15, 0.2) is 11.6 Å². The Hall–Kier alpha value is -1.15. The number of halogens is 1. The lowest BCUT2D eigenvalue weighted by Crippen LogP contribution is -2.64. The number of Topliss-reactive ketones (excluding diaryl/α,β-unsaturated/α-hetero) is 1. The van der Waals surface area contributed by atoms with Crippen LogP contribution < -0.4 is 0 Å². The van der Waals surface area contributed by atoms with Gasteiger partial charge in [-0.15, -0.1) is 0 Å². The highest BCUT2D eigenvalue weighted by Gasteiger charge is 2.77. The van der Waals surface area contributed by atoms with Crippen molar-refractivity contribution in [1.82, 2.24) is 0 Å². The molecule has 3 saturated carbocycles. The Labute approximate surface area is 182 Å². The molecule has 0 aromatic heterocycles. The zero-order valence-corrected chi connectivity index (χ0v) is 18.7. The summed E-state index contributed by atoms with van der Waals surface area (Å²) in [6.07, 6.45) is 0.872. The maximum absolute atomic E-state index is 15.5. The van der Waals surface area contributed by atoms with Gasteiger partial charge in [-0.1, -0.05) is 13.8 Å². The van der Waals surface area contributed by atoms with Crippen LogP contribution in [0, 0.1) is 28.6 Å². The molecule has 31 heavy (non-hydrogen) atoms. The van der Waals surface area contributed by atoms with E-state index in [1.54, 1.807) is 13.8 Å². The second-order valence-electron chi connectivity index (χ2n) is 11.3. The van der Waals surface area contributed by atoms with Gasteiger partial charge in [-0.25, -0.2) is 4.39 Å². The van der Waals surface area contributed by atoms with E-state index < -0.39 is 53.0 Å². The summed E-state index contributed by atoms with van der Waals surface area (Å²) in [7, 11) is 0. The number of allylic oxidation sites excluding steroid dienone is 1. The topological polar surface area (TPSA) is 93.1 Å². The molecule has 6 unspecified atom stereocenters. The fourth-order valence-corrected chi connectivity index (χ4v) is 8.41. The molecule has 5 rings (SSSR count). The Morgan fingerprint density at radius 3 is 2.65 bits per heavy atom. The number of hydrogen-bond acceptors (Lipinski definition) is 6. The summed E-state index contributed by atoms with van der Waals surface area (Å²) in [4.78, 5) is 25.2. The fourth-order valence-electron chi connectivity index (χ4n) is 8.41. The van der Waals surface area contributed by atoms with Crippen LogP contribution in [0.5, 0.6) is 0 Å². The first-order valence-electron chi connectivity index (χ1n) is 11.5. The van der Waals surface area contributed by atoms with E-state index in [4.69, 9.17) is 9.47 Å². The first-order chi connectivity index (χ1) is 14.4. The Balaban J connectivity index is 1.61. The smallest absolute Gasteiger partial charge is 0.193 e. The van der Waals surface area contributed by atoms with Crippen molar-refractivity contribution >= 4 is 11.6 Å². The van der Waals surface area contributed by atoms with Crippen LogP contribution >= 0.6 is 0 Å². The van der Waals surface area contributed by atoms with Crippen LogP contribution in [0.1, 0.15) is 59.8 Å². The SMILES string of the molecule is CC1(C)O[C@H]2CC3C4C[C@H](F)C5=CC(=O)CCC5(C)C4C(O)CC3(C)[C@]2(C(=O)CO)O1. The molecule has 0 aromatic rings. The summed E-state index contributed by atoms with van der Waals surface area (Å²) in [6, 6.07) is 0. The Morgan fingerprint density at radius 1 is 1.26 bits per heavy atom. The number of ketones is 2. The molecule has 0 aromatic carbocycles. The van der Waals surface area contributed by atoms with Gasteiger partial charge in [0.05, 0.1) is 12.2 Å². The van der Waals surface area contributed by atoms with Crippen LogP contribution in [0.2, 0.25) is 0 Å². The zero-order chi connectivity index (χ0) is 22.6. The number of aliphatic hydroxyl groups is 2. The molecule has 1 aliphatic heterocycles. The quantitative estimate of drug-likeness (QED) is 0.691. The summed E-state index contributed by atoms with van der Waals surface area (Å²) < 4.78 is 27.9. The number of hydrogen-bond donors (Lipinski definition) is 2. The van der Waals surface area contributed by atoms with E-state index in [0.29, 0.717) is 31.3 Å². The van der Waals surface area contributed by atoms with E-state index in [9.17, 15) is 19.8 Å². The van der Waals surface area contributed by atoms with Crippen LogP contribution in [-0.2, 0) is 19.1 Å². The number of carbonyl (C=O) groups is 2. The zero-order valence-electron chi connectivity index (χ0n) is 18.7. The summed E-state index contributed by atoms with van der Waals surface area (Å²) >= 11 is 0. The molecule has 4 fully saturated rings. The number of carbonyl (C=O) groups excluding carboxylic acids is 2. The number of rotatable bonds is 2. The van der Waals surface area contributed by atoms with E-state index in [0.717, 1.165) is 0 Å². The third kappa shape index (κ3) is 2.58. The van der Waals surface area contributed by atoms with Crippen LogP contribution in [0.4, 0.5) is 4.39 Å². The third-order valence-electron chi connectivity index (χ3n) is 9.42. The molecule has 172 valence electrons. The predicted octanol–water partition coefficient (Wildman–Crippen LogP) is 2.50. The molecule has 2 N–H and O–H groups in total. The molecule has 7 heteroatoms. The number of fused-ring (bicyclic) bond motifs is 7. The molecular weight excluding hydrogens is 403 g/mol.